The number of carboxylic acid groups (broad SMARTS) is 1. The molecule has 3 aromatic carbocycles. The Balaban J connectivity index is 1.48. The minimum Gasteiger partial charge on any atom is -0.495 e. The van der Waals surface area contributed by atoms with E-state index in [0.29, 0.717) is 37.2 Å². The first-order valence-electron chi connectivity index (χ1n) is 16.0. The Labute approximate surface area is 278 Å². The third kappa shape index (κ3) is 7.18. The molecule has 2 aliphatic rings. The van der Waals surface area contributed by atoms with Gasteiger partial charge in [-0.1, -0.05) is 48.5 Å². The first-order chi connectivity index (χ1) is 23.1. The Morgan fingerprint density at radius 3 is 2.33 bits per heavy atom. The van der Waals surface area contributed by atoms with Crippen LogP contribution in [0.1, 0.15) is 47.2 Å². The molecule has 2 heterocycles. The number of nitrogens with zero attached hydrogens (tertiary/aromatic N) is 1. The van der Waals surface area contributed by atoms with E-state index in [0.717, 1.165) is 10.5 Å². The van der Waals surface area contributed by atoms with Crippen molar-refractivity contribution in [3.05, 3.63) is 89.5 Å². The predicted molar refractivity (Wildman–Crippen MR) is 178 cm³/mol. The van der Waals surface area contributed by atoms with E-state index in [-0.39, 0.29) is 43.0 Å². The standard InChI is InChI=1S/C36H40N4O8/c1-23-9-6-7-12-27(23)38-34(45)39-28-14-13-26(21-29(28)47-2)31(41)36(32(42)30(33(43)44)25-15-18-37-19-16-25)17-8-20-40(36)35(46)48-22-24-10-4-3-5-11-24/h3-7,9-14,21,25,30,37H,8,15-20,22H2,1-2H3,(H,43,44)(H2,38,39,45)/t30?,36-/m1/s1. The number of nitrogens with one attached hydrogen (secondary N) is 3. The average Bonchev–Trinajstić information content (AvgIpc) is 3.55. The van der Waals surface area contributed by atoms with Gasteiger partial charge in [0.25, 0.3) is 0 Å². The number of rotatable bonds is 11. The minimum atomic E-state index is -2.12. The molecule has 12 nitrogen and oxygen atoms in total. The van der Waals surface area contributed by atoms with Crippen molar-refractivity contribution in [1.82, 2.24) is 10.2 Å². The molecule has 2 atom stereocenters. The average molecular weight is 657 g/mol. The van der Waals surface area contributed by atoms with E-state index in [4.69, 9.17) is 9.47 Å². The Bertz CT molecular complexity index is 1670. The number of carbonyl (C=O) groups excluding carboxylic acids is 4. The van der Waals surface area contributed by atoms with Crippen LogP contribution < -0.4 is 20.7 Å². The number of carbonyl (C=O) groups is 5. The number of urea groups is 1. The molecule has 2 aliphatic heterocycles. The quantitative estimate of drug-likeness (QED) is 0.159. The number of anilines is 2. The lowest BCUT2D eigenvalue weighted by Gasteiger charge is -2.39. The molecule has 4 N–H and O–H groups in total. The number of aryl methyl sites for hydroxylation is 1. The van der Waals surface area contributed by atoms with Gasteiger partial charge >= 0.3 is 18.1 Å². The first-order valence-corrected chi connectivity index (χ1v) is 16.0. The Hall–Kier alpha value is -5.23. The van der Waals surface area contributed by atoms with E-state index in [1.165, 1.54) is 25.3 Å². The molecule has 0 bridgehead atoms. The van der Waals surface area contributed by atoms with Crippen molar-refractivity contribution >= 4 is 41.0 Å². The van der Waals surface area contributed by atoms with Crippen LogP contribution >= 0.6 is 0 Å². The highest BCUT2D eigenvalue weighted by Gasteiger charge is 2.59. The molecule has 5 rings (SSSR count). The summed E-state index contributed by atoms with van der Waals surface area (Å²) in [4.78, 5) is 69.6. The molecular formula is C36H40N4O8. The summed E-state index contributed by atoms with van der Waals surface area (Å²) in [5, 5.41) is 19.0. The van der Waals surface area contributed by atoms with Gasteiger partial charge in [0.15, 0.2) is 17.1 Å². The monoisotopic (exact) mass is 656 g/mol. The number of ketones is 2. The second kappa shape index (κ2) is 15.1. The molecule has 48 heavy (non-hydrogen) atoms. The largest absolute Gasteiger partial charge is 0.495 e. The molecule has 2 saturated heterocycles. The molecule has 0 aliphatic carbocycles. The van der Waals surface area contributed by atoms with Crippen LogP contribution in [0.3, 0.4) is 0 Å². The molecule has 0 aromatic heterocycles. The van der Waals surface area contributed by atoms with Crippen LogP contribution in [0, 0.1) is 18.8 Å². The highest BCUT2D eigenvalue weighted by atomic mass is 16.6. The van der Waals surface area contributed by atoms with Gasteiger partial charge in [0, 0.05) is 17.8 Å². The summed E-state index contributed by atoms with van der Waals surface area (Å²) in [6, 6.07) is 20.0. The van der Waals surface area contributed by atoms with Crippen molar-refractivity contribution in [1.29, 1.82) is 0 Å². The zero-order chi connectivity index (χ0) is 34.3. The lowest BCUT2D eigenvalue weighted by atomic mass is 9.72. The molecule has 2 fully saturated rings. The zero-order valence-electron chi connectivity index (χ0n) is 27.0. The van der Waals surface area contributed by atoms with E-state index in [1.54, 1.807) is 36.4 Å². The van der Waals surface area contributed by atoms with E-state index in [1.807, 2.05) is 25.1 Å². The maximum Gasteiger partial charge on any atom is 0.411 e. The van der Waals surface area contributed by atoms with Gasteiger partial charge in [0.2, 0.25) is 0 Å². The molecule has 1 unspecified atom stereocenters. The summed E-state index contributed by atoms with van der Waals surface area (Å²) in [6.07, 6.45) is 0.201. The minimum absolute atomic E-state index is 0.0160. The van der Waals surface area contributed by atoms with Crippen molar-refractivity contribution in [2.45, 2.75) is 44.8 Å². The van der Waals surface area contributed by atoms with Gasteiger partial charge in [0.05, 0.1) is 12.8 Å². The third-order valence-electron chi connectivity index (χ3n) is 9.10. The number of Topliss-reactive ketones (excluding diaryl/α,β-unsaturated/α-hetero) is 2. The summed E-state index contributed by atoms with van der Waals surface area (Å²) in [6.45, 7) is 2.87. The number of hydrogen-bond acceptors (Lipinski definition) is 8. The molecule has 3 aromatic rings. The van der Waals surface area contributed by atoms with Gasteiger partial charge in [0.1, 0.15) is 18.3 Å². The van der Waals surface area contributed by atoms with Crippen molar-refractivity contribution in [3.63, 3.8) is 0 Å². The SMILES string of the molecule is COc1cc(C(=O)[C@@]2(C(=O)C(C(=O)O)C3CCNCC3)CCCN2C(=O)OCc2ccccc2)ccc1NC(=O)Nc1ccccc1C. The second-order valence-electron chi connectivity index (χ2n) is 12.1. The number of piperidine rings is 1. The number of hydrogen-bond donors (Lipinski definition) is 4. The van der Waals surface area contributed by atoms with E-state index in [2.05, 4.69) is 16.0 Å². The fourth-order valence-corrected chi connectivity index (χ4v) is 6.59. The molecule has 0 radical (unpaired) electrons. The number of para-hydroxylation sites is 1. The normalized spacial score (nSPS) is 18.4. The zero-order valence-corrected chi connectivity index (χ0v) is 27.0. The van der Waals surface area contributed by atoms with Gasteiger partial charge in [-0.15, -0.1) is 0 Å². The van der Waals surface area contributed by atoms with E-state index < -0.39 is 47.0 Å². The number of ether oxygens (including phenoxy) is 2. The molecule has 12 heteroatoms. The van der Waals surface area contributed by atoms with Gasteiger partial charge < -0.3 is 30.5 Å². The number of methoxy groups -OCH3 is 1. The smallest absolute Gasteiger partial charge is 0.411 e. The predicted octanol–water partition coefficient (Wildman–Crippen LogP) is 5.27. The van der Waals surface area contributed by atoms with Crippen molar-refractivity contribution in [2.75, 3.05) is 37.4 Å². The summed E-state index contributed by atoms with van der Waals surface area (Å²) < 4.78 is 11.1. The Morgan fingerprint density at radius 2 is 1.65 bits per heavy atom. The molecule has 252 valence electrons. The molecular weight excluding hydrogens is 616 g/mol. The van der Waals surface area contributed by atoms with Gasteiger partial charge in [-0.3, -0.25) is 19.3 Å². The molecule has 0 saturated carbocycles. The molecule has 3 amide bonds. The van der Waals surface area contributed by atoms with Crippen LogP contribution in [0.15, 0.2) is 72.8 Å². The fourth-order valence-electron chi connectivity index (χ4n) is 6.59. The Morgan fingerprint density at radius 1 is 0.958 bits per heavy atom. The van der Waals surface area contributed by atoms with Gasteiger partial charge in [-0.2, -0.15) is 0 Å². The second-order valence-corrected chi connectivity index (χ2v) is 12.1. The van der Waals surface area contributed by atoms with Crippen molar-refractivity contribution < 1.29 is 38.6 Å². The van der Waals surface area contributed by atoms with Crippen LogP contribution in [0.2, 0.25) is 0 Å². The number of likely N-dealkylation sites (tertiary alicyclic amines) is 1. The third-order valence-corrected chi connectivity index (χ3v) is 9.10. The summed E-state index contributed by atoms with van der Waals surface area (Å²) in [5.41, 5.74) is 0.341. The lowest BCUT2D eigenvalue weighted by molar-refractivity contribution is -0.152. The highest BCUT2D eigenvalue weighted by molar-refractivity contribution is 6.24. The van der Waals surface area contributed by atoms with Crippen LogP contribution in [0.4, 0.5) is 21.0 Å². The van der Waals surface area contributed by atoms with Crippen molar-refractivity contribution in [2.24, 2.45) is 11.8 Å². The first kappa shape index (κ1) is 34.1. The summed E-state index contributed by atoms with van der Waals surface area (Å²) >= 11 is 0. The van der Waals surface area contributed by atoms with Crippen molar-refractivity contribution in [3.8, 4) is 5.75 Å². The topological polar surface area (TPSA) is 163 Å². The van der Waals surface area contributed by atoms with Crippen LogP contribution in [-0.2, 0) is 20.9 Å². The number of amides is 3. The maximum atomic E-state index is 14.7. The van der Waals surface area contributed by atoms with E-state index in [9.17, 15) is 29.1 Å². The fraction of sp³-hybridized carbons (Fsp3) is 0.361. The number of carboxylic acids is 1. The number of aliphatic carboxylic acids is 1. The lowest BCUT2D eigenvalue weighted by Crippen LogP contribution is -2.62. The molecule has 0 spiro atoms. The van der Waals surface area contributed by atoms with Gasteiger partial charge in [-0.25, -0.2) is 9.59 Å². The van der Waals surface area contributed by atoms with Gasteiger partial charge in [-0.05, 0) is 87.0 Å². The maximum absolute atomic E-state index is 14.7. The van der Waals surface area contributed by atoms with Crippen LogP contribution in [0.5, 0.6) is 5.75 Å². The summed E-state index contributed by atoms with van der Waals surface area (Å²) in [7, 11) is 1.37. The van der Waals surface area contributed by atoms with Crippen LogP contribution in [0.25, 0.3) is 0 Å². The highest BCUT2D eigenvalue weighted by Crippen LogP contribution is 2.40. The van der Waals surface area contributed by atoms with Crippen LogP contribution in [-0.4, -0.2) is 71.9 Å². The summed E-state index contributed by atoms with van der Waals surface area (Å²) in [5.74, 6) is -4.80. The van der Waals surface area contributed by atoms with E-state index >= 15 is 0 Å². The Kier molecular flexibility index (Phi) is 10.7. The number of benzene rings is 3.